The van der Waals surface area contributed by atoms with Crippen molar-refractivity contribution in [2.45, 2.75) is 37.0 Å². The van der Waals surface area contributed by atoms with Crippen molar-refractivity contribution in [3.05, 3.63) is 313 Å². The maximum absolute atomic E-state index is 14.9. The fourth-order valence-corrected chi connectivity index (χ4v) is 16.2. The quantitative estimate of drug-likeness (QED) is 0.0978. The van der Waals surface area contributed by atoms with Gasteiger partial charge >= 0.3 is 32.5 Å². The molecule has 0 aliphatic rings. The van der Waals surface area contributed by atoms with E-state index in [2.05, 4.69) is 148 Å². The first kappa shape index (κ1) is 71.2. The number of hydrogen-bond acceptors (Lipinski definition) is 8. The number of ether oxygens (including phenoxy) is 2. The number of aryl methyl sites for hydroxylation is 4. The van der Waals surface area contributed by atoms with Crippen molar-refractivity contribution in [1.82, 2.24) is 18.3 Å². The molecule has 18 rings (SSSR count). The van der Waals surface area contributed by atoms with E-state index in [1.54, 1.807) is 14.2 Å². The molecular formula is C96H82N6O6Zr. The Balaban J connectivity index is 0.000000160. The molecule has 0 unspecified atom stereocenters. The first-order valence-corrected chi connectivity index (χ1v) is 41.8. The van der Waals surface area contributed by atoms with Crippen LogP contribution in [0, 0.1) is 27.7 Å². The molecule has 0 saturated carbocycles. The Labute approximate surface area is 645 Å². The van der Waals surface area contributed by atoms with E-state index >= 15 is 0 Å². The molecule has 13 heteroatoms. The number of nitrogens with zero attached hydrogens (tertiary/aromatic N) is 6. The Kier molecular flexibility index (Phi) is 19.8. The van der Waals surface area contributed by atoms with E-state index in [-0.39, 0.29) is 46.2 Å². The molecule has 536 valence electrons. The van der Waals surface area contributed by atoms with Crippen LogP contribution in [0.3, 0.4) is 0 Å². The minimum absolute atomic E-state index is 0.0688. The van der Waals surface area contributed by atoms with Gasteiger partial charge in [-0.25, -0.2) is 0 Å². The number of rotatable bonds is 16. The molecule has 4 heterocycles. The Morgan fingerprint density at radius 2 is 0.514 bits per heavy atom. The van der Waals surface area contributed by atoms with Crippen LogP contribution in [0.25, 0.3) is 132 Å². The Hall–Kier alpha value is -12.1. The second kappa shape index (κ2) is 30.3. The minimum atomic E-state index is -0.0688. The summed E-state index contributed by atoms with van der Waals surface area (Å²) in [7, 11) is 3.36. The molecule has 0 fully saturated rings. The summed E-state index contributed by atoms with van der Waals surface area (Å²) < 4.78 is 24.4. The third-order valence-electron chi connectivity index (χ3n) is 20.7. The van der Waals surface area contributed by atoms with Gasteiger partial charge in [-0.1, -0.05) is 206 Å². The van der Waals surface area contributed by atoms with Gasteiger partial charge in [0.2, 0.25) is 0 Å². The van der Waals surface area contributed by atoms with Crippen LogP contribution < -0.4 is 20.0 Å². The van der Waals surface area contributed by atoms with E-state index in [1.807, 2.05) is 208 Å². The molecule has 2 N–H and O–H groups in total. The third kappa shape index (κ3) is 12.7. The zero-order valence-electron chi connectivity index (χ0n) is 62.3. The molecule has 109 heavy (non-hydrogen) atoms. The van der Waals surface area contributed by atoms with E-state index < -0.39 is 0 Å². The number of hydrogen-bond donors (Lipinski definition) is 2. The number of phenolic OH excluding ortho intramolecular Hbond substituents is 2. The van der Waals surface area contributed by atoms with Crippen LogP contribution in [0.4, 0.5) is 22.7 Å². The monoisotopic (exact) mass is 1500 g/mol. The molecule has 0 aliphatic carbocycles. The van der Waals surface area contributed by atoms with E-state index in [0.29, 0.717) is 71.6 Å². The fourth-order valence-electron chi connectivity index (χ4n) is 16.2. The standard InChI is InChI=1S/2C47H39N3O3.2CH3.Zr/c2*1-30-26-37(46(51)44(28-30)49-39-20-10-5-14-32(39)33-15-6-11-21-40(33)49)36-18-4-9-19-38(36)48(24-25-53-3)43-27-31(2)29-45(47(43)52)50-41-22-12-7-16-34(41)35-17-8-13-23-42(35)50;;;/h2*4-23,26-29,51-52H,24-25H2,1-3H3;2*1H3;/q;;;;+2/p-2. The third-order valence-corrected chi connectivity index (χ3v) is 20.7. The van der Waals surface area contributed by atoms with Gasteiger partial charge in [-0.05, 0) is 158 Å². The first-order chi connectivity index (χ1) is 53.3. The summed E-state index contributed by atoms with van der Waals surface area (Å²) >= 11 is 0.230. The summed E-state index contributed by atoms with van der Waals surface area (Å²) in [6.07, 6.45) is 0. The predicted octanol–water partition coefficient (Wildman–Crippen LogP) is 22.6. The van der Waals surface area contributed by atoms with Crippen molar-refractivity contribution in [2.24, 2.45) is 0 Å². The average molecular weight is 1510 g/mol. The van der Waals surface area contributed by atoms with E-state index in [4.69, 9.17) is 9.47 Å². The maximum atomic E-state index is 14.9. The number of aromatic hydroxyl groups is 2. The van der Waals surface area contributed by atoms with E-state index in [1.165, 1.54) is 0 Å². The molecule has 0 spiro atoms. The number of benzene rings is 14. The van der Waals surface area contributed by atoms with Crippen LogP contribution in [-0.4, -0.2) is 69.0 Å². The van der Waals surface area contributed by atoms with Gasteiger partial charge in [0.1, 0.15) is 0 Å². The van der Waals surface area contributed by atoms with Gasteiger partial charge in [-0.15, -0.1) is 0 Å². The van der Waals surface area contributed by atoms with Gasteiger partial charge in [0, 0.05) is 104 Å². The zero-order chi connectivity index (χ0) is 75.1. The molecule has 0 bridgehead atoms. The summed E-state index contributed by atoms with van der Waals surface area (Å²) in [6.45, 7) is 9.86. The number of methoxy groups -OCH3 is 2. The SMILES string of the molecule is COCCN(c1ccccc1-c1cc(C)cc(-n2c3ccccc3c3ccccc32)c1[O-])c1cc(C)cc(-n2c3ccccc3c3ccccc32)c1O.COCCN(c1ccccc1-c1cc(C)cc(-n2c3ccccc3c3ccccc32)c1[O-])c1cc(C)cc(-n2c3ccccc3c3ccccc32)c1O.[CH3][Zr+2][CH3]. The Bertz CT molecular complexity index is 5900. The summed E-state index contributed by atoms with van der Waals surface area (Å²) in [4.78, 5) is 4.17. The van der Waals surface area contributed by atoms with Crippen molar-refractivity contribution >= 4 is 110 Å². The molecule has 0 saturated heterocycles. The fraction of sp³-hybridized carbons (Fsp3) is 0.125. The molecule has 0 aliphatic heterocycles. The van der Waals surface area contributed by atoms with E-state index in [0.717, 1.165) is 132 Å². The van der Waals surface area contributed by atoms with Crippen molar-refractivity contribution < 1.29 is 53.1 Å². The van der Waals surface area contributed by atoms with E-state index in [9.17, 15) is 20.4 Å². The van der Waals surface area contributed by atoms with Crippen LogP contribution in [0.5, 0.6) is 23.0 Å². The van der Waals surface area contributed by atoms with Crippen molar-refractivity contribution in [2.75, 3.05) is 50.3 Å². The van der Waals surface area contributed by atoms with Gasteiger partial charge in [0.25, 0.3) is 0 Å². The van der Waals surface area contributed by atoms with Gasteiger partial charge in [-0.3, -0.25) is 0 Å². The Morgan fingerprint density at radius 3 is 0.780 bits per heavy atom. The molecule has 0 amide bonds. The average Bonchev–Trinajstić information content (AvgIpc) is 1.71. The van der Waals surface area contributed by atoms with Crippen molar-refractivity contribution in [3.8, 4) is 68.0 Å². The second-order valence-electron chi connectivity index (χ2n) is 27.9. The number of aromatic nitrogens is 4. The number of para-hydroxylation sites is 10. The molecule has 18 aromatic rings. The van der Waals surface area contributed by atoms with Gasteiger partial charge in [0.05, 0.1) is 80.1 Å². The van der Waals surface area contributed by atoms with Crippen LogP contribution in [0.2, 0.25) is 9.26 Å². The van der Waals surface area contributed by atoms with Crippen LogP contribution in [0.1, 0.15) is 22.3 Å². The second-order valence-corrected chi connectivity index (χ2v) is 30.4. The molecule has 14 aromatic carbocycles. The summed E-state index contributed by atoms with van der Waals surface area (Å²) in [5.74, 6) is 0.150. The zero-order valence-corrected chi connectivity index (χ0v) is 64.7. The van der Waals surface area contributed by atoms with Gasteiger partial charge < -0.3 is 58.0 Å². The summed E-state index contributed by atoms with van der Waals surface area (Å²) in [6, 6.07) is 98.1. The summed E-state index contributed by atoms with van der Waals surface area (Å²) in [5, 5.41) is 63.5. The molecule has 0 radical (unpaired) electrons. The first-order valence-electron chi connectivity index (χ1n) is 36.9. The molecule has 0 atom stereocenters. The molecule has 12 nitrogen and oxygen atoms in total. The van der Waals surface area contributed by atoms with Crippen LogP contribution in [-0.2, 0) is 32.7 Å². The number of anilines is 4. The van der Waals surface area contributed by atoms with Crippen molar-refractivity contribution in [3.63, 3.8) is 0 Å². The summed E-state index contributed by atoms with van der Waals surface area (Å²) in [5.41, 5.74) is 20.1. The molecular weight excluding hydrogens is 1420 g/mol. The van der Waals surface area contributed by atoms with Crippen molar-refractivity contribution in [1.29, 1.82) is 0 Å². The van der Waals surface area contributed by atoms with Gasteiger partial charge in [0.15, 0.2) is 11.5 Å². The van der Waals surface area contributed by atoms with Gasteiger partial charge in [-0.2, -0.15) is 0 Å². The number of phenols is 2. The predicted molar refractivity (Wildman–Crippen MR) is 445 cm³/mol. The number of fused-ring (bicyclic) bond motifs is 12. The van der Waals surface area contributed by atoms with Crippen LogP contribution in [0.15, 0.2) is 291 Å². The normalized spacial score (nSPS) is 11.4. The van der Waals surface area contributed by atoms with Crippen LogP contribution >= 0.6 is 0 Å². The topological polar surface area (TPSA) is 131 Å². The molecule has 4 aromatic heterocycles. The Morgan fingerprint density at radius 1 is 0.294 bits per heavy atom.